The number of benzene rings is 2. The van der Waals surface area contributed by atoms with Crippen molar-refractivity contribution in [1.82, 2.24) is 5.32 Å². The molecule has 0 aliphatic heterocycles. The van der Waals surface area contributed by atoms with E-state index in [0.717, 1.165) is 16.1 Å². The SMILES string of the molecule is OC(CNCc1ccc(Cl)cc1)COCc1ccccc1. The van der Waals surface area contributed by atoms with Gasteiger partial charge in [0.1, 0.15) is 0 Å². The van der Waals surface area contributed by atoms with Crippen LogP contribution in [0.2, 0.25) is 5.02 Å². The summed E-state index contributed by atoms with van der Waals surface area (Å²) in [5, 5.41) is 13.8. The van der Waals surface area contributed by atoms with Crippen molar-refractivity contribution in [3.8, 4) is 0 Å². The molecule has 2 aromatic rings. The fourth-order valence-corrected chi connectivity index (χ4v) is 2.06. The van der Waals surface area contributed by atoms with Gasteiger partial charge in [0.25, 0.3) is 0 Å². The number of halogens is 1. The van der Waals surface area contributed by atoms with Crippen LogP contribution in [0.4, 0.5) is 0 Å². The third-order valence-electron chi connectivity index (χ3n) is 3.04. The molecule has 0 amide bonds. The van der Waals surface area contributed by atoms with Gasteiger partial charge < -0.3 is 15.2 Å². The molecule has 4 heteroatoms. The third kappa shape index (κ3) is 6.27. The summed E-state index contributed by atoms with van der Waals surface area (Å²) in [6.45, 7) is 2.04. The van der Waals surface area contributed by atoms with E-state index in [1.165, 1.54) is 0 Å². The van der Waals surface area contributed by atoms with Gasteiger partial charge >= 0.3 is 0 Å². The fourth-order valence-electron chi connectivity index (χ4n) is 1.93. The standard InChI is InChI=1S/C17H20ClNO2/c18-16-8-6-14(7-9-16)10-19-11-17(20)13-21-12-15-4-2-1-3-5-15/h1-9,17,19-20H,10-13H2. The Morgan fingerprint density at radius 2 is 1.71 bits per heavy atom. The minimum Gasteiger partial charge on any atom is -0.389 e. The average Bonchev–Trinajstić information content (AvgIpc) is 2.50. The quantitative estimate of drug-likeness (QED) is 0.788. The lowest BCUT2D eigenvalue weighted by molar-refractivity contribution is 0.0287. The van der Waals surface area contributed by atoms with Crippen LogP contribution in [0.5, 0.6) is 0 Å². The third-order valence-corrected chi connectivity index (χ3v) is 3.30. The van der Waals surface area contributed by atoms with Gasteiger partial charge in [0.05, 0.1) is 19.3 Å². The summed E-state index contributed by atoms with van der Waals surface area (Å²) < 4.78 is 5.49. The first kappa shape index (κ1) is 16.0. The van der Waals surface area contributed by atoms with Crippen LogP contribution in [0.25, 0.3) is 0 Å². The van der Waals surface area contributed by atoms with E-state index >= 15 is 0 Å². The molecule has 2 N–H and O–H groups in total. The molecule has 2 aromatic carbocycles. The number of aliphatic hydroxyl groups excluding tert-OH is 1. The maximum absolute atomic E-state index is 9.84. The zero-order chi connectivity index (χ0) is 14.9. The predicted octanol–water partition coefficient (Wildman–Crippen LogP) is 3.01. The monoisotopic (exact) mass is 305 g/mol. The molecule has 0 aliphatic carbocycles. The Balaban J connectivity index is 1.59. The molecule has 21 heavy (non-hydrogen) atoms. The van der Waals surface area contributed by atoms with Gasteiger partial charge in [-0.25, -0.2) is 0 Å². The molecular formula is C17H20ClNO2. The largest absolute Gasteiger partial charge is 0.389 e. The maximum atomic E-state index is 9.84. The number of hydrogen-bond acceptors (Lipinski definition) is 3. The molecule has 1 atom stereocenters. The van der Waals surface area contributed by atoms with Crippen molar-refractivity contribution in [1.29, 1.82) is 0 Å². The summed E-state index contributed by atoms with van der Waals surface area (Å²) in [4.78, 5) is 0. The zero-order valence-electron chi connectivity index (χ0n) is 11.8. The van der Waals surface area contributed by atoms with Gasteiger partial charge in [-0.05, 0) is 23.3 Å². The second kappa shape index (κ2) is 8.80. The molecule has 0 heterocycles. The molecule has 0 aromatic heterocycles. The molecule has 0 saturated carbocycles. The highest BCUT2D eigenvalue weighted by Gasteiger charge is 2.04. The summed E-state index contributed by atoms with van der Waals surface area (Å²) >= 11 is 5.83. The van der Waals surface area contributed by atoms with E-state index in [0.29, 0.717) is 26.3 Å². The lowest BCUT2D eigenvalue weighted by atomic mass is 10.2. The Kier molecular flexibility index (Phi) is 6.70. The molecular weight excluding hydrogens is 286 g/mol. The summed E-state index contributed by atoms with van der Waals surface area (Å²) in [5.41, 5.74) is 2.25. The van der Waals surface area contributed by atoms with Gasteiger partial charge in [-0.2, -0.15) is 0 Å². The first-order valence-electron chi connectivity index (χ1n) is 6.99. The van der Waals surface area contributed by atoms with Gasteiger partial charge in [-0.3, -0.25) is 0 Å². The molecule has 0 spiro atoms. The summed E-state index contributed by atoms with van der Waals surface area (Å²) in [5.74, 6) is 0. The molecule has 1 unspecified atom stereocenters. The Labute approximate surface area is 130 Å². The second-order valence-electron chi connectivity index (χ2n) is 4.91. The van der Waals surface area contributed by atoms with Gasteiger partial charge in [0, 0.05) is 18.1 Å². The van der Waals surface area contributed by atoms with Crippen molar-refractivity contribution >= 4 is 11.6 Å². The maximum Gasteiger partial charge on any atom is 0.0897 e. The van der Waals surface area contributed by atoms with Gasteiger partial charge in [0.15, 0.2) is 0 Å². The number of aliphatic hydroxyl groups is 1. The average molecular weight is 306 g/mol. The van der Waals surface area contributed by atoms with Crippen molar-refractivity contribution in [2.45, 2.75) is 19.3 Å². The lowest BCUT2D eigenvalue weighted by Crippen LogP contribution is -2.30. The van der Waals surface area contributed by atoms with Crippen LogP contribution in [-0.2, 0) is 17.9 Å². The minimum atomic E-state index is -0.513. The van der Waals surface area contributed by atoms with E-state index in [9.17, 15) is 5.11 Å². The van der Waals surface area contributed by atoms with Crippen molar-refractivity contribution in [2.24, 2.45) is 0 Å². The molecule has 112 valence electrons. The smallest absolute Gasteiger partial charge is 0.0897 e. The fraction of sp³-hybridized carbons (Fsp3) is 0.294. The number of hydrogen-bond donors (Lipinski definition) is 2. The van der Waals surface area contributed by atoms with Crippen molar-refractivity contribution < 1.29 is 9.84 Å². The van der Waals surface area contributed by atoms with E-state index in [1.807, 2.05) is 54.6 Å². The summed E-state index contributed by atoms with van der Waals surface area (Å²) in [6.07, 6.45) is -0.513. The van der Waals surface area contributed by atoms with E-state index in [4.69, 9.17) is 16.3 Å². The zero-order valence-corrected chi connectivity index (χ0v) is 12.6. The lowest BCUT2D eigenvalue weighted by Gasteiger charge is -2.12. The Hall–Kier alpha value is -1.39. The van der Waals surface area contributed by atoms with Gasteiger partial charge in [0.2, 0.25) is 0 Å². The van der Waals surface area contributed by atoms with Crippen molar-refractivity contribution in [3.63, 3.8) is 0 Å². The number of ether oxygens (including phenoxy) is 1. The second-order valence-corrected chi connectivity index (χ2v) is 5.35. The van der Waals surface area contributed by atoms with Crippen LogP contribution in [0.15, 0.2) is 54.6 Å². The van der Waals surface area contributed by atoms with Crippen LogP contribution in [-0.4, -0.2) is 24.4 Å². The van der Waals surface area contributed by atoms with E-state index in [2.05, 4.69) is 5.32 Å². The first-order chi connectivity index (χ1) is 10.2. The highest BCUT2D eigenvalue weighted by Crippen LogP contribution is 2.09. The van der Waals surface area contributed by atoms with Crippen molar-refractivity contribution in [2.75, 3.05) is 13.2 Å². The molecule has 0 radical (unpaired) electrons. The predicted molar refractivity (Wildman–Crippen MR) is 85.3 cm³/mol. The Morgan fingerprint density at radius 1 is 1.00 bits per heavy atom. The Bertz CT molecular complexity index is 516. The molecule has 3 nitrogen and oxygen atoms in total. The number of rotatable bonds is 8. The minimum absolute atomic E-state index is 0.322. The molecule has 0 saturated heterocycles. The highest BCUT2D eigenvalue weighted by atomic mass is 35.5. The van der Waals surface area contributed by atoms with Crippen LogP contribution < -0.4 is 5.32 Å². The van der Waals surface area contributed by atoms with Crippen LogP contribution in [0, 0.1) is 0 Å². The Morgan fingerprint density at radius 3 is 2.43 bits per heavy atom. The summed E-state index contributed by atoms with van der Waals surface area (Å²) in [6, 6.07) is 17.6. The van der Waals surface area contributed by atoms with Gasteiger partial charge in [-0.1, -0.05) is 54.1 Å². The van der Waals surface area contributed by atoms with E-state index in [-0.39, 0.29) is 0 Å². The van der Waals surface area contributed by atoms with E-state index < -0.39 is 6.10 Å². The van der Waals surface area contributed by atoms with Crippen LogP contribution in [0.1, 0.15) is 11.1 Å². The van der Waals surface area contributed by atoms with Crippen LogP contribution in [0.3, 0.4) is 0 Å². The molecule has 0 aliphatic rings. The molecule has 0 bridgehead atoms. The summed E-state index contributed by atoms with van der Waals surface area (Å²) in [7, 11) is 0. The topological polar surface area (TPSA) is 41.5 Å². The van der Waals surface area contributed by atoms with E-state index in [1.54, 1.807) is 0 Å². The molecule has 0 fully saturated rings. The van der Waals surface area contributed by atoms with Gasteiger partial charge in [-0.15, -0.1) is 0 Å². The number of nitrogens with one attached hydrogen (secondary N) is 1. The van der Waals surface area contributed by atoms with Crippen LogP contribution >= 0.6 is 11.6 Å². The highest BCUT2D eigenvalue weighted by molar-refractivity contribution is 6.30. The van der Waals surface area contributed by atoms with Crippen molar-refractivity contribution in [3.05, 3.63) is 70.7 Å². The normalized spacial score (nSPS) is 12.3. The molecule has 2 rings (SSSR count). The first-order valence-corrected chi connectivity index (χ1v) is 7.37.